The molecule has 0 bridgehead atoms. The molecule has 1 heterocycles. The van der Waals surface area contributed by atoms with Crippen molar-refractivity contribution in [2.75, 3.05) is 19.6 Å². The Hall–Kier alpha value is -1.35. The molecule has 1 saturated heterocycles. The van der Waals surface area contributed by atoms with Gasteiger partial charge in [0.05, 0.1) is 6.42 Å². The van der Waals surface area contributed by atoms with Crippen molar-refractivity contribution in [3.05, 3.63) is 35.4 Å². The second-order valence-electron chi connectivity index (χ2n) is 5.59. The van der Waals surface area contributed by atoms with Crippen molar-refractivity contribution in [2.45, 2.75) is 32.6 Å². The lowest BCUT2D eigenvalue weighted by Gasteiger charge is -2.32. The Bertz CT molecular complexity index is 411. The van der Waals surface area contributed by atoms with Gasteiger partial charge in [0.2, 0.25) is 5.91 Å². The van der Waals surface area contributed by atoms with Crippen molar-refractivity contribution in [2.24, 2.45) is 11.7 Å². The molecule has 1 fully saturated rings. The zero-order chi connectivity index (χ0) is 13.7. The van der Waals surface area contributed by atoms with Crippen LogP contribution in [0.2, 0.25) is 0 Å². The van der Waals surface area contributed by atoms with Crippen LogP contribution >= 0.6 is 0 Å². The van der Waals surface area contributed by atoms with Crippen LogP contribution in [0.15, 0.2) is 24.3 Å². The average molecular weight is 260 g/mol. The minimum Gasteiger partial charge on any atom is -0.342 e. The van der Waals surface area contributed by atoms with Crippen LogP contribution in [-0.4, -0.2) is 30.4 Å². The largest absolute Gasteiger partial charge is 0.342 e. The molecule has 2 rings (SSSR count). The monoisotopic (exact) mass is 260 g/mol. The third-order valence-electron chi connectivity index (χ3n) is 3.92. The van der Waals surface area contributed by atoms with Crippen LogP contribution in [0.4, 0.5) is 0 Å². The molecule has 19 heavy (non-hydrogen) atoms. The first-order chi connectivity index (χ1) is 9.19. The number of carbonyl (C=O) groups is 1. The molecule has 1 aromatic carbocycles. The maximum absolute atomic E-state index is 12.3. The summed E-state index contributed by atoms with van der Waals surface area (Å²) >= 11 is 0. The van der Waals surface area contributed by atoms with Gasteiger partial charge >= 0.3 is 0 Å². The first-order valence-corrected chi connectivity index (χ1v) is 7.22. The minimum absolute atomic E-state index is 0.255. The fourth-order valence-electron chi connectivity index (χ4n) is 2.76. The molecule has 0 spiro atoms. The van der Waals surface area contributed by atoms with Crippen LogP contribution in [0.3, 0.4) is 0 Å². The van der Waals surface area contributed by atoms with Crippen molar-refractivity contribution >= 4 is 5.91 Å². The first-order valence-electron chi connectivity index (χ1n) is 7.22. The Morgan fingerprint density at radius 1 is 1.37 bits per heavy atom. The molecule has 1 aliphatic rings. The molecule has 3 heteroatoms. The summed E-state index contributed by atoms with van der Waals surface area (Å²) in [5.74, 6) is 0.853. The topological polar surface area (TPSA) is 46.3 Å². The smallest absolute Gasteiger partial charge is 0.226 e. The minimum atomic E-state index is 0.255. The van der Waals surface area contributed by atoms with Gasteiger partial charge in [-0.2, -0.15) is 0 Å². The van der Waals surface area contributed by atoms with Crippen molar-refractivity contribution in [3.8, 4) is 0 Å². The quantitative estimate of drug-likeness (QED) is 0.901. The zero-order valence-electron chi connectivity index (χ0n) is 11.8. The van der Waals surface area contributed by atoms with Gasteiger partial charge in [0, 0.05) is 13.1 Å². The highest BCUT2D eigenvalue weighted by Crippen LogP contribution is 2.19. The predicted octanol–water partition coefficient (Wildman–Crippen LogP) is 2.12. The van der Waals surface area contributed by atoms with Crippen LogP contribution < -0.4 is 5.73 Å². The Morgan fingerprint density at radius 3 is 2.79 bits per heavy atom. The molecule has 1 aliphatic heterocycles. The van der Waals surface area contributed by atoms with Crippen molar-refractivity contribution < 1.29 is 4.79 Å². The van der Waals surface area contributed by atoms with Gasteiger partial charge in [-0.05, 0) is 44.2 Å². The third-order valence-corrected chi connectivity index (χ3v) is 3.92. The van der Waals surface area contributed by atoms with Crippen molar-refractivity contribution in [1.29, 1.82) is 0 Å². The maximum atomic E-state index is 12.3. The van der Waals surface area contributed by atoms with E-state index < -0.39 is 0 Å². The number of nitrogens with zero attached hydrogens (tertiary/aromatic N) is 1. The molecule has 0 saturated carbocycles. The highest BCUT2D eigenvalue weighted by molar-refractivity contribution is 5.78. The average Bonchev–Trinajstić information content (AvgIpc) is 2.42. The fourth-order valence-corrected chi connectivity index (χ4v) is 2.76. The Labute approximate surface area is 115 Å². The van der Waals surface area contributed by atoms with Crippen molar-refractivity contribution in [3.63, 3.8) is 0 Å². The summed E-state index contributed by atoms with van der Waals surface area (Å²) in [7, 11) is 0. The van der Waals surface area contributed by atoms with Gasteiger partial charge in [-0.25, -0.2) is 0 Å². The molecule has 1 unspecified atom stereocenters. The number of hydrogen-bond acceptors (Lipinski definition) is 2. The van der Waals surface area contributed by atoms with Crippen LogP contribution in [0.1, 0.15) is 30.4 Å². The van der Waals surface area contributed by atoms with Crippen LogP contribution in [0.5, 0.6) is 0 Å². The Morgan fingerprint density at radius 2 is 2.11 bits per heavy atom. The summed E-state index contributed by atoms with van der Waals surface area (Å²) in [4.78, 5) is 14.3. The van der Waals surface area contributed by atoms with E-state index in [4.69, 9.17) is 5.73 Å². The number of carbonyl (C=O) groups excluding carboxylic acids is 1. The van der Waals surface area contributed by atoms with E-state index in [9.17, 15) is 4.79 Å². The number of aryl methyl sites for hydroxylation is 1. The summed E-state index contributed by atoms with van der Waals surface area (Å²) in [6.45, 7) is 4.59. The molecular formula is C16H24N2O. The normalized spacial score (nSPS) is 19.5. The van der Waals surface area contributed by atoms with Crippen molar-refractivity contribution in [1.82, 2.24) is 4.90 Å². The second kappa shape index (κ2) is 6.71. The van der Waals surface area contributed by atoms with E-state index in [1.165, 1.54) is 12.0 Å². The number of benzene rings is 1. The van der Waals surface area contributed by atoms with E-state index in [2.05, 4.69) is 31.2 Å². The molecule has 1 amide bonds. The lowest BCUT2D eigenvalue weighted by atomic mass is 9.94. The van der Waals surface area contributed by atoms with E-state index in [0.29, 0.717) is 12.3 Å². The van der Waals surface area contributed by atoms with E-state index in [-0.39, 0.29) is 5.91 Å². The van der Waals surface area contributed by atoms with Crippen LogP contribution in [0.25, 0.3) is 0 Å². The molecule has 0 aromatic heterocycles. The number of amides is 1. The molecule has 104 valence electrons. The summed E-state index contributed by atoms with van der Waals surface area (Å²) in [6, 6.07) is 8.23. The first kappa shape index (κ1) is 14.1. The summed E-state index contributed by atoms with van der Waals surface area (Å²) in [6.07, 6.45) is 3.89. The Kier molecular flexibility index (Phi) is 4.97. The lowest BCUT2D eigenvalue weighted by Crippen LogP contribution is -2.41. The SMILES string of the molecule is Cc1ccc(CC(=O)N2CCCC(CCN)C2)cc1. The second-order valence-corrected chi connectivity index (χ2v) is 5.59. The van der Waals surface area contributed by atoms with Gasteiger partial charge < -0.3 is 10.6 Å². The molecule has 0 aliphatic carbocycles. The standard InChI is InChI=1S/C16H24N2O/c1-13-4-6-14(7-5-13)11-16(19)18-10-2-3-15(12-18)8-9-17/h4-7,15H,2-3,8-12,17H2,1H3. The highest BCUT2D eigenvalue weighted by atomic mass is 16.2. The van der Waals surface area contributed by atoms with Crippen LogP contribution in [-0.2, 0) is 11.2 Å². The van der Waals surface area contributed by atoms with Gasteiger partial charge in [0.25, 0.3) is 0 Å². The number of hydrogen-bond donors (Lipinski definition) is 1. The molecule has 3 nitrogen and oxygen atoms in total. The molecular weight excluding hydrogens is 236 g/mol. The predicted molar refractivity (Wildman–Crippen MR) is 77.9 cm³/mol. The van der Waals surface area contributed by atoms with Gasteiger partial charge in [0.15, 0.2) is 0 Å². The maximum Gasteiger partial charge on any atom is 0.226 e. The Balaban J connectivity index is 1.90. The third kappa shape index (κ3) is 4.06. The summed E-state index contributed by atoms with van der Waals surface area (Å²) in [5.41, 5.74) is 7.96. The molecule has 1 aromatic rings. The fraction of sp³-hybridized carbons (Fsp3) is 0.562. The number of nitrogens with two attached hydrogens (primary N) is 1. The van der Waals surface area contributed by atoms with E-state index in [0.717, 1.165) is 38.0 Å². The number of likely N-dealkylation sites (tertiary alicyclic amines) is 1. The van der Waals surface area contributed by atoms with Gasteiger partial charge in [0.1, 0.15) is 0 Å². The molecule has 0 radical (unpaired) electrons. The molecule has 2 N–H and O–H groups in total. The van der Waals surface area contributed by atoms with E-state index >= 15 is 0 Å². The lowest BCUT2D eigenvalue weighted by molar-refractivity contribution is -0.132. The van der Waals surface area contributed by atoms with E-state index in [1.54, 1.807) is 0 Å². The van der Waals surface area contributed by atoms with Gasteiger partial charge in [-0.15, -0.1) is 0 Å². The zero-order valence-corrected chi connectivity index (χ0v) is 11.8. The van der Waals surface area contributed by atoms with Gasteiger partial charge in [-0.1, -0.05) is 29.8 Å². The molecule has 1 atom stereocenters. The van der Waals surface area contributed by atoms with E-state index in [1.807, 2.05) is 4.90 Å². The van der Waals surface area contributed by atoms with Gasteiger partial charge in [-0.3, -0.25) is 4.79 Å². The van der Waals surface area contributed by atoms with Crippen LogP contribution in [0, 0.1) is 12.8 Å². The summed E-state index contributed by atoms with van der Waals surface area (Å²) < 4.78 is 0. The number of rotatable bonds is 4. The number of piperidine rings is 1. The highest BCUT2D eigenvalue weighted by Gasteiger charge is 2.22. The summed E-state index contributed by atoms with van der Waals surface area (Å²) in [5, 5.41) is 0.